The molecule has 0 aromatic carbocycles. The van der Waals surface area contributed by atoms with Crippen molar-refractivity contribution < 1.29 is 0 Å². The summed E-state index contributed by atoms with van der Waals surface area (Å²) in [6.45, 7) is 1.92. The molecule has 0 aliphatic carbocycles. The Morgan fingerprint density at radius 2 is 2.25 bits per heavy atom. The molecule has 2 aromatic heterocycles. The number of hydrogen-bond acceptors (Lipinski definition) is 4. The molecular formula is C11H8N4O. The number of aryl methyl sites for hydroxylation is 1. The number of pyridine rings is 1. The molecule has 0 atom stereocenters. The summed E-state index contributed by atoms with van der Waals surface area (Å²) in [4.78, 5) is 22.0. The number of nitrogens with one attached hydrogen (secondary N) is 1. The van der Waals surface area contributed by atoms with Crippen LogP contribution in [0.5, 0.6) is 0 Å². The lowest BCUT2D eigenvalue weighted by Gasteiger charge is -2.00. The quantitative estimate of drug-likeness (QED) is 0.764. The third-order valence-electron chi connectivity index (χ3n) is 2.08. The maximum atomic E-state index is 11.4. The topological polar surface area (TPSA) is 82.4 Å². The van der Waals surface area contributed by atoms with E-state index >= 15 is 0 Å². The van der Waals surface area contributed by atoms with Crippen molar-refractivity contribution in [3.05, 3.63) is 46.0 Å². The maximum absolute atomic E-state index is 11.4. The first-order valence-electron chi connectivity index (χ1n) is 4.63. The van der Waals surface area contributed by atoms with Gasteiger partial charge in [0.15, 0.2) is 5.82 Å². The van der Waals surface area contributed by atoms with Crippen LogP contribution in [0.3, 0.4) is 0 Å². The highest BCUT2D eigenvalue weighted by Crippen LogP contribution is 2.10. The van der Waals surface area contributed by atoms with Crippen LogP contribution in [0.2, 0.25) is 0 Å². The van der Waals surface area contributed by atoms with E-state index in [4.69, 9.17) is 5.26 Å². The van der Waals surface area contributed by atoms with Gasteiger partial charge >= 0.3 is 0 Å². The van der Waals surface area contributed by atoms with Crippen molar-refractivity contribution in [2.24, 2.45) is 0 Å². The monoisotopic (exact) mass is 212 g/mol. The Balaban J connectivity index is 2.55. The summed E-state index contributed by atoms with van der Waals surface area (Å²) in [7, 11) is 0. The van der Waals surface area contributed by atoms with E-state index in [2.05, 4.69) is 15.0 Å². The van der Waals surface area contributed by atoms with Crippen LogP contribution < -0.4 is 5.56 Å². The van der Waals surface area contributed by atoms with Crippen LogP contribution in [0.4, 0.5) is 0 Å². The average molecular weight is 212 g/mol. The summed E-state index contributed by atoms with van der Waals surface area (Å²) in [5.74, 6) is 0.368. The van der Waals surface area contributed by atoms with Gasteiger partial charge in [-0.25, -0.2) is 4.98 Å². The van der Waals surface area contributed by atoms with Crippen LogP contribution in [0, 0.1) is 18.3 Å². The van der Waals surface area contributed by atoms with Crippen molar-refractivity contribution in [2.45, 2.75) is 6.92 Å². The Morgan fingerprint density at radius 1 is 1.44 bits per heavy atom. The lowest BCUT2D eigenvalue weighted by atomic mass is 10.2. The number of H-pyrrole nitrogens is 1. The second-order valence-corrected chi connectivity index (χ2v) is 3.30. The third-order valence-corrected chi connectivity index (χ3v) is 2.08. The number of nitriles is 1. The molecule has 78 valence electrons. The Hall–Kier alpha value is -2.48. The van der Waals surface area contributed by atoms with Gasteiger partial charge in [0.05, 0.1) is 6.20 Å². The predicted octanol–water partition coefficient (Wildman–Crippen LogP) is 1.01. The zero-order chi connectivity index (χ0) is 11.5. The number of rotatable bonds is 1. The van der Waals surface area contributed by atoms with Gasteiger partial charge in [0.1, 0.15) is 17.3 Å². The Kier molecular flexibility index (Phi) is 2.48. The van der Waals surface area contributed by atoms with Crippen molar-refractivity contribution in [1.82, 2.24) is 15.0 Å². The highest BCUT2D eigenvalue weighted by Gasteiger charge is 2.04. The zero-order valence-electron chi connectivity index (χ0n) is 8.56. The van der Waals surface area contributed by atoms with E-state index < -0.39 is 5.56 Å². The van der Waals surface area contributed by atoms with Crippen molar-refractivity contribution in [1.29, 1.82) is 5.26 Å². The summed E-state index contributed by atoms with van der Waals surface area (Å²) in [6, 6.07) is 5.42. The summed E-state index contributed by atoms with van der Waals surface area (Å²) in [5, 5.41) is 8.60. The van der Waals surface area contributed by atoms with Gasteiger partial charge in [0, 0.05) is 6.20 Å². The van der Waals surface area contributed by atoms with E-state index in [1.165, 1.54) is 6.20 Å². The lowest BCUT2D eigenvalue weighted by molar-refractivity contribution is 1.08. The summed E-state index contributed by atoms with van der Waals surface area (Å²) < 4.78 is 0. The largest absolute Gasteiger partial charge is 0.304 e. The molecule has 2 aromatic rings. The molecule has 0 fully saturated rings. The van der Waals surface area contributed by atoms with E-state index in [1.54, 1.807) is 12.3 Å². The Morgan fingerprint density at radius 3 is 2.88 bits per heavy atom. The van der Waals surface area contributed by atoms with E-state index in [9.17, 15) is 4.79 Å². The van der Waals surface area contributed by atoms with Gasteiger partial charge in [-0.15, -0.1) is 0 Å². The molecule has 0 saturated carbocycles. The molecular weight excluding hydrogens is 204 g/mol. The number of nitrogens with zero attached hydrogens (tertiary/aromatic N) is 3. The van der Waals surface area contributed by atoms with E-state index in [-0.39, 0.29) is 5.56 Å². The normalized spacial score (nSPS) is 9.75. The number of hydrogen-bond donors (Lipinski definition) is 1. The minimum absolute atomic E-state index is 0.00333. The van der Waals surface area contributed by atoms with Crippen LogP contribution in [-0.4, -0.2) is 15.0 Å². The second-order valence-electron chi connectivity index (χ2n) is 3.30. The van der Waals surface area contributed by atoms with E-state index in [0.717, 1.165) is 5.56 Å². The fourth-order valence-electron chi connectivity index (χ4n) is 1.27. The molecule has 2 rings (SSSR count). The van der Waals surface area contributed by atoms with E-state index in [1.807, 2.05) is 19.1 Å². The molecule has 0 bridgehead atoms. The Labute approximate surface area is 91.4 Å². The van der Waals surface area contributed by atoms with Crippen molar-refractivity contribution in [2.75, 3.05) is 0 Å². The van der Waals surface area contributed by atoms with Crippen LogP contribution in [-0.2, 0) is 0 Å². The first-order valence-corrected chi connectivity index (χ1v) is 4.63. The minimum Gasteiger partial charge on any atom is -0.304 e. The molecule has 0 aliphatic rings. The average Bonchev–Trinajstić information content (AvgIpc) is 2.29. The second kappa shape index (κ2) is 3.95. The van der Waals surface area contributed by atoms with Crippen molar-refractivity contribution >= 4 is 0 Å². The van der Waals surface area contributed by atoms with Gasteiger partial charge in [-0.05, 0) is 24.6 Å². The SMILES string of the molecule is Cc1ccnc(-c2ncc(C#N)c(=O)[nH]2)c1. The summed E-state index contributed by atoms with van der Waals surface area (Å²) >= 11 is 0. The van der Waals surface area contributed by atoms with Crippen LogP contribution in [0.15, 0.2) is 29.3 Å². The first kappa shape index (κ1) is 10.1. The van der Waals surface area contributed by atoms with Crippen molar-refractivity contribution in [3.63, 3.8) is 0 Å². The van der Waals surface area contributed by atoms with Crippen LogP contribution in [0.1, 0.15) is 11.1 Å². The molecule has 1 N–H and O–H groups in total. The molecule has 0 aliphatic heterocycles. The van der Waals surface area contributed by atoms with Gasteiger partial charge < -0.3 is 4.98 Å². The lowest BCUT2D eigenvalue weighted by Crippen LogP contribution is -2.12. The zero-order valence-corrected chi connectivity index (χ0v) is 8.56. The molecule has 0 saturated heterocycles. The van der Waals surface area contributed by atoms with Crippen LogP contribution in [0.25, 0.3) is 11.5 Å². The molecule has 16 heavy (non-hydrogen) atoms. The molecule has 2 heterocycles. The number of aromatic amines is 1. The molecule has 5 heteroatoms. The fraction of sp³-hybridized carbons (Fsp3) is 0.0909. The molecule has 0 unspecified atom stereocenters. The fourth-order valence-corrected chi connectivity index (χ4v) is 1.27. The number of aromatic nitrogens is 3. The molecule has 0 spiro atoms. The van der Waals surface area contributed by atoms with Gasteiger partial charge in [-0.3, -0.25) is 9.78 Å². The highest BCUT2D eigenvalue weighted by molar-refractivity contribution is 5.49. The smallest absolute Gasteiger partial charge is 0.269 e. The van der Waals surface area contributed by atoms with Crippen molar-refractivity contribution in [3.8, 4) is 17.6 Å². The molecule has 0 amide bonds. The summed E-state index contributed by atoms with van der Waals surface area (Å²) in [5.41, 5.74) is 1.16. The first-order chi connectivity index (χ1) is 7.70. The third kappa shape index (κ3) is 1.81. The molecule has 5 nitrogen and oxygen atoms in total. The van der Waals surface area contributed by atoms with Crippen LogP contribution >= 0.6 is 0 Å². The summed E-state index contributed by atoms with van der Waals surface area (Å²) in [6.07, 6.45) is 2.89. The van der Waals surface area contributed by atoms with Gasteiger partial charge in [-0.1, -0.05) is 0 Å². The standard InChI is InChI=1S/C11H8N4O/c1-7-2-3-13-9(4-7)10-14-6-8(5-12)11(16)15-10/h2-4,6H,1H3,(H,14,15,16). The highest BCUT2D eigenvalue weighted by atomic mass is 16.1. The van der Waals surface area contributed by atoms with E-state index in [0.29, 0.717) is 11.5 Å². The van der Waals surface area contributed by atoms with Gasteiger partial charge in [0.2, 0.25) is 0 Å². The predicted molar refractivity (Wildman–Crippen MR) is 57.5 cm³/mol. The van der Waals surface area contributed by atoms with Gasteiger partial charge in [0.25, 0.3) is 5.56 Å². The minimum atomic E-state index is -0.448. The maximum Gasteiger partial charge on any atom is 0.269 e. The van der Waals surface area contributed by atoms with Gasteiger partial charge in [-0.2, -0.15) is 5.26 Å². The Bertz CT molecular complexity index is 624. The molecule has 0 radical (unpaired) electrons.